The molecule has 1 aliphatic rings. The summed E-state index contributed by atoms with van der Waals surface area (Å²) in [6.07, 6.45) is 3.80. The van der Waals surface area contributed by atoms with E-state index in [-0.39, 0.29) is 24.5 Å². The molecule has 0 N–H and O–H groups in total. The normalized spacial score (nSPS) is 17.6. The largest absolute Gasteiger partial charge is 0.351 e. The maximum absolute atomic E-state index is 14.1. The van der Waals surface area contributed by atoms with E-state index in [9.17, 15) is 9.18 Å². The first-order valence-corrected chi connectivity index (χ1v) is 10.2. The van der Waals surface area contributed by atoms with E-state index in [4.69, 9.17) is 11.6 Å². The quantitative estimate of drug-likeness (QED) is 0.689. The molecule has 0 spiro atoms. The van der Waals surface area contributed by atoms with Gasteiger partial charge in [-0.2, -0.15) is 5.10 Å². The van der Waals surface area contributed by atoms with Crippen molar-refractivity contribution in [3.63, 3.8) is 0 Å². The van der Waals surface area contributed by atoms with E-state index in [1.54, 1.807) is 25.4 Å². The second-order valence-electron chi connectivity index (χ2n) is 7.58. The standard InChI is InChI=1S/C21H27ClFN5O/c1-15(21(29)27(3)14-17-18(22)8-4-9-19(17)23)26(2)13-16-7-6-12-28(16)20-10-5-11-24-25-20/h4-5,8-11,15-16H,6-7,12-14H2,1-3H3. The molecule has 6 nitrogen and oxygen atoms in total. The van der Waals surface area contributed by atoms with Crippen LogP contribution in [-0.2, 0) is 11.3 Å². The summed E-state index contributed by atoms with van der Waals surface area (Å²) in [7, 11) is 3.62. The number of benzene rings is 1. The van der Waals surface area contributed by atoms with Gasteiger partial charge in [0.25, 0.3) is 0 Å². The van der Waals surface area contributed by atoms with Crippen LogP contribution in [0.1, 0.15) is 25.3 Å². The lowest BCUT2D eigenvalue weighted by atomic mass is 10.1. The SMILES string of the molecule is CC(C(=O)N(C)Cc1c(F)cccc1Cl)N(C)CC1CCCN1c1cccnn1. The number of likely N-dealkylation sites (N-methyl/N-ethyl adjacent to an activating group) is 2. The maximum Gasteiger partial charge on any atom is 0.239 e. The number of aromatic nitrogens is 2. The van der Waals surface area contributed by atoms with Crippen LogP contribution in [-0.4, -0.2) is 65.2 Å². The van der Waals surface area contributed by atoms with Crippen LogP contribution in [0.5, 0.6) is 0 Å². The Labute approximate surface area is 176 Å². The predicted molar refractivity (Wildman–Crippen MR) is 112 cm³/mol. The highest BCUT2D eigenvalue weighted by Crippen LogP contribution is 2.24. The Morgan fingerprint density at radius 3 is 2.83 bits per heavy atom. The Hall–Kier alpha value is -2.25. The zero-order valence-corrected chi connectivity index (χ0v) is 17.8. The topological polar surface area (TPSA) is 52.6 Å². The van der Waals surface area contributed by atoms with Crippen LogP contribution >= 0.6 is 11.6 Å². The molecule has 1 saturated heterocycles. The summed E-state index contributed by atoms with van der Waals surface area (Å²) in [4.78, 5) is 18.7. The summed E-state index contributed by atoms with van der Waals surface area (Å²) in [5.74, 6) is 0.397. The van der Waals surface area contributed by atoms with Gasteiger partial charge in [-0.05, 0) is 51.1 Å². The van der Waals surface area contributed by atoms with E-state index < -0.39 is 5.82 Å². The van der Waals surface area contributed by atoms with Gasteiger partial charge in [-0.3, -0.25) is 9.69 Å². The van der Waals surface area contributed by atoms with Crippen molar-refractivity contribution in [1.82, 2.24) is 20.0 Å². The zero-order chi connectivity index (χ0) is 21.0. The van der Waals surface area contributed by atoms with Gasteiger partial charge in [0.05, 0.1) is 6.04 Å². The summed E-state index contributed by atoms with van der Waals surface area (Å²) in [6.45, 7) is 3.68. The van der Waals surface area contributed by atoms with Crippen LogP contribution in [0.15, 0.2) is 36.5 Å². The second kappa shape index (κ2) is 9.50. The fourth-order valence-corrected chi connectivity index (χ4v) is 3.99. The van der Waals surface area contributed by atoms with Gasteiger partial charge in [-0.25, -0.2) is 4.39 Å². The number of anilines is 1. The highest BCUT2D eigenvalue weighted by atomic mass is 35.5. The van der Waals surface area contributed by atoms with Crippen LogP contribution in [0.25, 0.3) is 0 Å². The van der Waals surface area contributed by atoms with Gasteiger partial charge in [-0.15, -0.1) is 5.10 Å². The predicted octanol–water partition coefficient (Wildman–Crippen LogP) is 3.22. The molecular formula is C21H27ClFN5O. The Morgan fingerprint density at radius 1 is 1.34 bits per heavy atom. The van der Waals surface area contributed by atoms with Crippen molar-refractivity contribution in [1.29, 1.82) is 0 Å². The number of amides is 1. The molecular weight excluding hydrogens is 393 g/mol. The van der Waals surface area contributed by atoms with Crippen LogP contribution in [0, 0.1) is 5.82 Å². The van der Waals surface area contributed by atoms with Gasteiger partial charge in [0.1, 0.15) is 5.82 Å². The zero-order valence-electron chi connectivity index (χ0n) is 17.1. The number of hydrogen-bond donors (Lipinski definition) is 0. The molecule has 1 amide bonds. The summed E-state index contributed by atoms with van der Waals surface area (Å²) < 4.78 is 14.1. The second-order valence-corrected chi connectivity index (χ2v) is 7.99. The monoisotopic (exact) mass is 419 g/mol. The van der Waals surface area contributed by atoms with E-state index in [0.717, 1.165) is 31.7 Å². The van der Waals surface area contributed by atoms with Crippen molar-refractivity contribution < 1.29 is 9.18 Å². The van der Waals surface area contributed by atoms with Gasteiger partial charge in [0.15, 0.2) is 5.82 Å². The molecule has 29 heavy (non-hydrogen) atoms. The first kappa shape index (κ1) is 21.5. The number of carbonyl (C=O) groups excluding carboxylic acids is 1. The third kappa shape index (κ3) is 5.03. The fraction of sp³-hybridized carbons (Fsp3) is 0.476. The average molecular weight is 420 g/mol. The van der Waals surface area contributed by atoms with Crippen molar-refractivity contribution in [3.8, 4) is 0 Å². The molecule has 8 heteroatoms. The Morgan fingerprint density at radius 2 is 2.14 bits per heavy atom. The number of carbonyl (C=O) groups is 1. The van der Waals surface area contributed by atoms with Gasteiger partial charge >= 0.3 is 0 Å². The van der Waals surface area contributed by atoms with Gasteiger partial charge < -0.3 is 9.80 Å². The Bertz CT molecular complexity index is 817. The molecule has 2 aromatic rings. The molecule has 1 aliphatic heterocycles. The van der Waals surface area contributed by atoms with Gasteiger partial charge in [-0.1, -0.05) is 17.7 Å². The smallest absolute Gasteiger partial charge is 0.239 e. The van der Waals surface area contributed by atoms with Gasteiger partial charge in [0.2, 0.25) is 5.91 Å². The van der Waals surface area contributed by atoms with Crippen molar-refractivity contribution in [2.24, 2.45) is 0 Å². The summed E-state index contributed by atoms with van der Waals surface area (Å²) >= 11 is 6.10. The number of hydrogen-bond acceptors (Lipinski definition) is 5. The Kier molecular flexibility index (Phi) is 7.03. The average Bonchev–Trinajstić information content (AvgIpc) is 3.18. The minimum Gasteiger partial charge on any atom is -0.351 e. The molecule has 2 unspecified atom stereocenters. The van der Waals surface area contributed by atoms with E-state index in [2.05, 4.69) is 15.1 Å². The molecule has 0 bridgehead atoms. The minimum absolute atomic E-state index is 0.0733. The lowest BCUT2D eigenvalue weighted by Crippen LogP contribution is -2.48. The molecule has 1 fully saturated rings. The van der Waals surface area contributed by atoms with Gasteiger partial charge in [0, 0.05) is 49.5 Å². The molecule has 2 atom stereocenters. The third-order valence-corrected chi connectivity index (χ3v) is 5.93. The van der Waals surface area contributed by atoms with Crippen molar-refractivity contribution in [2.45, 2.75) is 38.4 Å². The minimum atomic E-state index is -0.399. The van der Waals surface area contributed by atoms with Crippen molar-refractivity contribution in [3.05, 3.63) is 52.9 Å². The first-order chi connectivity index (χ1) is 13.9. The summed E-state index contributed by atoms with van der Waals surface area (Å²) in [5, 5.41) is 8.53. The molecule has 0 radical (unpaired) electrons. The summed E-state index contributed by atoms with van der Waals surface area (Å²) in [6, 6.07) is 8.34. The van der Waals surface area contributed by atoms with E-state index in [0.29, 0.717) is 10.6 Å². The number of nitrogens with zero attached hydrogens (tertiary/aromatic N) is 5. The van der Waals surface area contributed by atoms with Crippen molar-refractivity contribution >= 4 is 23.3 Å². The fourth-order valence-electron chi connectivity index (χ4n) is 3.77. The summed E-state index contributed by atoms with van der Waals surface area (Å²) in [5.41, 5.74) is 0.337. The van der Waals surface area contributed by atoms with Crippen LogP contribution in [0.2, 0.25) is 5.02 Å². The number of halogens is 2. The van der Waals surface area contributed by atoms with E-state index in [1.807, 2.05) is 31.0 Å². The molecule has 156 valence electrons. The van der Waals surface area contributed by atoms with Crippen LogP contribution in [0.3, 0.4) is 0 Å². The van der Waals surface area contributed by atoms with E-state index in [1.165, 1.54) is 11.0 Å². The molecule has 1 aromatic heterocycles. The Balaban J connectivity index is 1.61. The molecule has 0 saturated carbocycles. The highest BCUT2D eigenvalue weighted by Gasteiger charge is 2.30. The molecule has 3 rings (SSSR count). The number of rotatable bonds is 7. The van der Waals surface area contributed by atoms with Crippen molar-refractivity contribution in [2.75, 3.05) is 32.1 Å². The molecule has 0 aliphatic carbocycles. The van der Waals surface area contributed by atoms with Crippen LogP contribution in [0.4, 0.5) is 10.2 Å². The molecule has 2 heterocycles. The van der Waals surface area contributed by atoms with E-state index >= 15 is 0 Å². The van der Waals surface area contributed by atoms with Crippen LogP contribution < -0.4 is 4.90 Å². The molecule has 1 aromatic carbocycles. The third-order valence-electron chi connectivity index (χ3n) is 5.58. The lowest BCUT2D eigenvalue weighted by molar-refractivity contribution is -0.135. The highest BCUT2D eigenvalue weighted by molar-refractivity contribution is 6.31. The maximum atomic E-state index is 14.1. The lowest BCUT2D eigenvalue weighted by Gasteiger charge is -2.33. The first-order valence-electron chi connectivity index (χ1n) is 9.81.